The Morgan fingerprint density at radius 3 is 2.55 bits per heavy atom. The predicted octanol–water partition coefficient (Wildman–Crippen LogP) is 2.82. The fourth-order valence-electron chi connectivity index (χ4n) is 4.46. The average Bonchev–Trinajstić information content (AvgIpc) is 2.80. The molecule has 1 heterocycles. The van der Waals surface area contributed by atoms with Gasteiger partial charge in [-0.15, -0.1) is 0 Å². The first kappa shape index (κ1) is 21.2. The summed E-state index contributed by atoms with van der Waals surface area (Å²) in [4.78, 5) is 16.4. The first-order valence-electron chi connectivity index (χ1n) is 11.2. The highest BCUT2D eigenvalue weighted by molar-refractivity contribution is 5.87. The Morgan fingerprint density at radius 1 is 1.03 bits per heavy atom. The number of benzene rings is 3. The van der Waals surface area contributed by atoms with Gasteiger partial charge < -0.3 is 19.9 Å². The molecule has 31 heavy (non-hydrogen) atoms. The van der Waals surface area contributed by atoms with E-state index in [1.807, 2.05) is 31.2 Å². The molecule has 3 aromatic carbocycles. The van der Waals surface area contributed by atoms with Gasteiger partial charge in [0, 0.05) is 0 Å². The number of rotatable bonds is 7. The number of para-hydroxylation sites is 2. The second kappa shape index (κ2) is 9.84. The van der Waals surface area contributed by atoms with Crippen LogP contribution in [0, 0.1) is 0 Å². The molecular weight excluding hydrogens is 386 g/mol. The van der Waals surface area contributed by atoms with Crippen LogP contribution in [0.4, 0.5) is 5.69 Å². The summed E-state index contributed by atoms with van der Waals surface area (Å²) in [6.45, 7) is 8.98. The number of fused-ring (bicyclic) bond motifs is 1. The lowest BCUT2D eigenvalue weighted by Gasteiger charge is -2.34. The van der Waals surface area contributed by atoms with Gasteiger partial charge in [-0.25, -0.2) is 0 Å². The van der Waals surface area contributed by atoms with Crippen LogP contribution in [0.1, 0.15) is 25.5 Å². The van der Waals surface area contributed by atoms with Crippen molar-refractivity contribution in [1.29, 1.82) is 0 Å². The summed E-state index contributed by atoms with van der Waals surface area (Å²) in [7, 11) is 0. The molecule has 0 aliphatic carbocycles. The predicted molar refractivity (Wildman–Crippen MR) is 126 cm³/mol. The van der Waals surface area contributed by atoms with Crippen molar-refractivity contribution in [3.63, 3.8) is 0 Å². The van der Waals surface area contributed by atoms with Crippen molar-refractivity contribution in [3.05, 3.63) is 72.3 Å². The maximum atomic E-state index is 12.8. The van der Waals surface area contributed by atoms with E-state index in [0.717, 1.165) is 37.6 Å². The van der Waals surface area contributed by atoms with E-state index in [0.29, 0.717) is 13.2 Å². The summed E-state index contributed by atoms with van der Waals surface area (Å²) in [6.07, 6.45) is 0. The maximum Gasteiger partial charge on any atom is 0.275 e. The third-order valence-electron chi connectivity index (χ3n) is 6.05. The molecule has 0 aromatic heterocycles. The first-order valence-corrected chi connectivity index (χ1v) is 11.2. The highest BCUT2D eigenvalue weighted by Gasteiger charge is 2.24. The topological polar surface area (TPSA) is 46.0 Å². The number of hydrogen-bond donors (Lipinski definition) is 2. The zero-order chi connectivity index (χ0) is 21.6. The van der Waals surface area contributed by atoms with E-state index < -0.39 is 0 Å². The van der Waals surface area contributed by atoms with Gasteiger partial charge in [-0.2, -0.15) is 0 Å². The van der Waals surface area contributed by atoms with E-state index in [1.165, 1.54) is 21.2 Å². The number of carbonyl (C=O) groups is 1. The molecular formula is C26H32N3O2+. The number of hydrogen-bond acceptors (Lipinski definition) is 3. The number of nitrogens with one attached hydrogen (secondary N) is 2. The highest BCUT2D eigenvalue weighted by Crippen LogP contribution is 2.28. The number of nitrogens with zero attached hydrogens (tertiary/aromatic N) is 1. The van der Waals surface area contributed by atoms with Crippen LogP contribution in [0.3, 0.4) is 0 Å². The molecule has 2 N–H and O–H groups in total. The smallest absolute Gasteiger partial charge is 0.275 e. The molecule has 0 spiro atoms. The van der Waals surface area contributed by atoms with E-state index in [2.05, 4.69) is 59.6 Å². The molecule has 1 fully saturated rings. The van der Waals surface area contributed by atoms with Crippen LogP contribution in [-0.2, 0) is 4.79 Å². The lowest BCUT2D eigenvalue weighted by Crippen LogP contribution is -3.15. The van der Waals surface area contributed by atoms with Gasteiger partial charge in [-0.3, -0.25) is 4.79 Å². The minimum Gasteiger partial charge on any atom is -0.492 e. The zero-order valence-corrected chi connectivity index (χ0v) is 18.4. The fraction of sp³-hybridized carbons (Fsp3) is 0.346. The van der Waals surface area contributed by atoms with Gasteiger partial charge in [0.2, 0.25) is 0 Å². The third-order valence-corrected chi connectivity index (χ3v) is 6.05. The SMILES string of the molecule is CCOc1ccccc1N1CC[NH+](CC(=O)N[C@@H](C)c2cccc3ccccc23)CC1. The molecule has 5 heteroatoms. The molecule has 0 radical (unpaired) electrons. The molecule has 3 aromatic rings. The third kappa shape index (κ3) is 5.00. The van der Waals surface area contributed by atoms with Crippen molar-refractivity contribution in [2.45, 2.75) is 19.9 Å². The van der Waals surface area contributed by atoms with Crippen molar-refractivity contribution in [2.75, 3.05) is 44.2 Å². The number of quaternary nitrogens is 1. The van der Waals surface area contributed by atoms with Crippen LogP contribution in [-0.4, -0.2) is 45.2 Å². The maximum absolute atomic E-state index is 12.8. The van der Waals surface area contributed by atoms with Crippen molar-refractivity contribution in [2.24, 2.45) is 0 Å². The van der Waals surface area contributed by atoms with Crippen LogP contribution in [0.15, 0.2) is 66.7 Å². The molecule has 5 nitrogen and oxygen atoms in total. The van der Waals surface area contributed by atoms with Crippen molar-refractivity contribution in [3.8, 4) is 5.75 Å². The number of ether oxygens (including phenoxy) is 1. The van der Waals surface area contributed by atoms with Gasteiger partial charge in [-0.05, 0) is 42.3 Å². The molecule has 4 rings (SSSR count). The van der Waals surface area contributed by atoms with Gasteiger partial charge in [0.1, 0.15) is 5.75 Å². The standard InChI is InChI=1S/C26H31N3O2/c1-3-31-25-14-7-6-13-24(25)29-17-15-28(16-18-29)19-26(30)27-20(2)22-12-8-10-21-9-4-5-11-23(21)22/h4-14,20H,3,15-19H2,1-2H3,(H,27,30)/p+1/t20-/m0/s1. The number of carbonyl (C=O) groups excluding carboxylic acids is 1. The Labute approximate surface area is 184 Å². The van der Waals surface area contributed by atoms with E-state index in [9.17, 15) is 4.79 Å². The van der Waals surface area contributed by atoms with Crippen LogP contribution in [0.25, 0.3) is 10.8 Å². The summed E-state index contributed by atoms with van der Waals surface area (Å²) < 4.78 is 5.79. The molecule has 1 atom stereocenters. The van der Waals surface area contributed by atoms with Crippen LogP contribution < -0.4 is 19.9 Å². The van der Waals surface area contributed by atoms with Gasteiger partial charge in [0.15, 0.2) is 6.54 Å². The van der Waals surface area contributed by atoms with Gasteiger partial charge in [0.25, 0.3) is 5.91 Å². The largest absolute Gasteiger partial charge is 0.492 e. The Bertz CT molecular complexity index is 1020. The minimum atomic E-state index is -0.0163. The second-order valence-corrected chi connectivity index (χ2v) is 8.17. The fourth-order valence-corrected chi connectivity index (χ4v) is 4.46. The van der Waals surface area contributed by atoms with Crippen molar-refractivity contribution in [1.82, 2.24) is 5.32 Å². The summed E-state index contributed by atoms with van der Waals surface area (Å²) >= 11 is 0. The molecule has 1 saturated heterocycles. The Balaban J connectivity index is 1.32. The molecule has 0 unspecified atom stereocenters. The number of anilines is 1. The van der Waals surface area contributed by atoms with Crippen LogP contribution in [0.5, 0.6) is 5.75 Å². The van der Waals surface area contributed by atoms with Crippen LogP contribution in [0.2, 0.25) is 0 Å². The molecule has 0 bridgehead atoms. The summed E-state index contributed by atoms with van der Waals surface area (Å²) in [5.74, 6) is 1.05. The average molecular weight is 419 g/mol. The second-order valence-electron chi connectivity index (χ2n) is 8.17. The molecule has 1 aliphatic rings. The minimum absolute atomic E-state index is 0.0163. The quantitative estimate of drug-likeness (QED) is 0.620. The van der Waals surface area contributed by atoms with E-state index in [-0.39, 0.29) is 11.9 Å². The van der Waals surface area contributed by atoms with E-state index in [4.69, 9.17) is 4.74 Å². The van der Waals surface area contributed by atoms with Crippen LogP contribution >= 0.6 is 0 Å². The summed E-state index contributed by atoms with van der Waals surface area (Å²) in [5, 5.41) is 5.62. The van der Waals surface area contributed by atoms with Gasteiger partial charge in [0.05, 0.1) is 44.5 Å². The van der Waals surface area contributed by atoms with Gasteiger partial charge in [-0.1, -0.05) is 54.6 Å². The van der Waals surface area contributed by atoms with E-state index in [1.54, 1.807) is 0 Å². The van der Waals surface area contributed by atoms with Crippen molar-refractivity contribution >= 4 is 22.4 Å². The van der Waals surface area contributed by atoms with E-state index >= 15 is 0 Å². The molecule has 0 saturated carbocycles. The summed E-state index contributed by atoms with van der Waals surface area (Å²) in [5.41, 5.74) is 2.32. The highest BCUT2D eigenvalue weighted by atomic mass is 16.5. The monoisotopic (exact) mass is 418 g/mol. The molecule has 1 amide bonds. The van der Waals surface area contributed by atoms with Crippen molar-refractivity contribution < 1.29 is 14.4 Å². The number of amides is 1. The summed E-state index contributed by atoms with van der Waals surface area (Å²) in [6, 6.07) is 22.8. The Morgan fingerprint density at radius 2 is 1.74 bits per heavy atom. The first-order chi connectivity index (χ1) is 15.2. The van der Waals surface area contributed by atoms with Gasteiger partial charge >= 0.3 is 0 Å². The lowest BCUT2D eigenvalue weighted by atomic mass is 10.00. The normalized spacial score (nSPS) is 15.6. The molecule has 1 aliphatic heterocycles. The number of piperazine rings is 1. The molecule has 162 valence electrons. The lowest BCUT2D eigenvalue weighted by molar-refractivity contribution is -0.892. The zero-order valence-electron chi connectivity index (χ0n) is 18.4. The Hall–Kier alpha value is -3.05. The Kier molecular flexibility index (Phi) is 6.73.